The summed E-state index contributed by atoms with van der Waals surface area (Å²) in [5.41, 5.74) is 2.13. The second-order valence-electron chi connectivity index (χ2n) is 6.16. The van der Waals surface area contributed by atoms with Gasteiger partial charge in [-0.15, -0.1) is 0 Å². The summed E-state index contributed by atoms with van der Waals surface area (Å²) in [7, 11) is 0. The zero-order chi connectivity index (χ0) is 19.2. The van der Waals surface area contributed by atoms with Gasteiger partial charge < -0.3 is 19.7 Å². The van der Waals surface area contributed by atoms with Gasteiger partial charge in [0.2, 0.25) is 0 Å². The molecule has 5 nitrogen and oxygen atoms in total. The van der Waals surface area contributed by atoms with Crippen molar-refractivity contribution in [3.8, 4) is 17.2 Å². The fourth-order valence-corrected chi connectivity index (χ4v) is 2.66. The van der Waals surface area contributed by atoms with Gasteiger partial charge in [0.05, 0.1) is 0 Å². The van der Waals surface area contributed by atoms with Gasteiger partial charge in [-0.25, -0.2) is 4.79 Å². The Balaban J connectivity index is 1.61. The summed E-state index contributed by atoms with van der Waals surface area (Å²) >= 11 is 0. The summed E-state index contributed by atoms with van der Waals surface area (Å²) in [4.78, 5) is 11.2. The second kappa shape index (κ2) is 8.27. The molecule has 0 fully saturated rings. The lowest BCUT2D eigenvalue weighted by molar-refractivity contribution is 0.0693. The molecule has 0 heterocycles. The molecule has 0 bridgehead atoms. The molecule has 0 amide bonds. The molecule has 0 atom stereocenters. The fourth-order valence-electron chi connectivity index (χ4n) is 2.66. The normalized spacial score (nSPS) is 10.4. The van der Waals surface area contributed by atoms with Crippen LogP contribution >= 0.6 is 0 Å². The van der Waals surface area contributed by atoms with Gasteiger partial charge in [-0.1, -0.05) is 30.3 Å². The van der Waals surface area contributed by atoms with E-state index in [9.17, 15) is 9.90 Å². The van der Waals surface area contributed by atoms with Crippen molar-refractivity contribution in [2.75, 3.05) is 0 Å². The maximum Gasteiger partial charge on any atom is 0.339 e. The third kappa shape index (κ3) is 4.79. The van der Waals surface area contributed by atoms with E-state index in [0.717, 1.165) is 16.9 Å². The van der Waals surface area contributed by atoms with Crippen molar-refractivity contribution in [2.24, 2.45) is 0 Å². The van der Waals surface area contributed by atoms with Crippen molar-refractivity contribution < 1.29 is 24.5 Å². The molecule has 2 N–H and O–H groups in total. The molecular formula is C22H20O5. The molecule has 27 heavy (non-hydrogen) atoms. The number of phenols is 1. The first-order chi connectivity index (χ1) is 13.0. The highest BCUT2D eigenvalue weighted by atomic mass is 16.5. The monoisotopic (exact) mass is 364 g/mol. The van der Waals surface area contributed by atoms with Gasteiger partial charge in [0.1, 0.15) is 36.0 Å². The summed E-state index contributed by atoms with van der Waals surface area (Å²) in [6.07, 6.45) is 0. The van der Waals surface area contributed by atoms with Gasteiger partial charge in [-0.05, 0) is 54.4 Å². The van der Waals surface area contributed by atoms with E-state index in [4.69, 9.17) is 14.6 Å². The zero-order valence-electron chi connectivity index (χ0n) is 14.9. The first-order valence-corrected chi connectivity index (χ1v) is 8.48. The molecule has 3 rings (SSSR count). The van der Waals surface area contributed by atoms with Gasteiger partial charge in [0.25, 0.3) is 0 Å². The maximum absolute atomic E-state index is 11.2. The quantitative estimate of drug-likeness (QED) is 0.643. The second-order valence-corrected chi connectivity index (χ2v) is 6.16. The molecule has 0 spiro atoms. The molecule has 3 aromatic carbocycles. The molecule has 138 valence electrons. The van der Waals surface area contributed by atoms with E-state index in [0.29, 0.717) is 17.9 Å². The van der Waals surface area contributed by atoms with Gasteiger partial charge >= 0.3 is 5.97 Å². The van der Waals surface area contributed by atoms with Crippen LogP contribution in [0.25, 0.3) is 0 Å². The number of aromatic carboxylic acids is 1. The highest BCUT2D eigenvalue weighted by Crippen LogP contribution is 2.27. The first kappa shape index (κ1) is 18.3. The van der Waals surface area contributed by atoms with Crippen LogP contribution in [0.2, 0.25) is 0 Å². The number of hydrogen-bond donors (Lipinski definition) is 2. The van der Waals surface area contributed by atoms with Crippen LogP contribution in [-0.2, 0) is 13.2 Å². The van der Waals surface area contributed by atoms with Gasteiger partial charge in [0, 0.05) is 5.56 Å². The third-order valence-electron chi connectivity index (χ3n) is 4.03. The fraction of sp³-hybridized carbons (Fsp3) is 0.136. The number of aryl methyl sites for hydroxylation is 1. The van der Waals surface area contributed by atoms with Crippen LogP contribution in [0.1, 0.15) is 27.0 Å². The van der Waals surface area contributed by atoms with Crippen molar-refractivity contribution in [3.63, 3.8) is 0 Å². The number of carboxylic acid groups (broad SMARTS) is 1. The Kier molecular flexibility index (Phi) is 5.61. The molecule has 0 radical (unpaired) electrons. The van der Waals surface area contributed by atoms with Crippen LogP contribution < -0.4 is 9.47 Å². The topological polar surface area (TPSA) is 76.0 Å². The number of rotatable bonds is 7. The highest BCUT2D eigenvalue weighted by molar-refractivity contribution is 5.91. The number of hydrogen-bond acceptors (Lipinski definition) is 4. The molecule has 0 aliphatic rings. The Labute approximate surface area is 157 Å². The number of benzene rings is 3. The number of ether oxygens (including phenoxy) is 2. The lowest BCUT2D eigenvalue weighted by Gasteiger charge is -2.12. The molecule has 0 saturated carbocycles. The molecule has 3 aromatic rings. The molecule has 0 aliphatic heterocycles. The van der Waals surface area contributed by atoms with E-state index in [1.165, 1.54) is 6.07 Å². The zero-order valence-corrected chi connectivity index (χ0v) is 14.9. The molecule has 0 aromatic heterocycles. The van der Waals surface area contributed by atoms with Gasteiger partial charge in [-0.3, -0.25) is 0 Å². The Hall–Kier alpha value is -3.47. The van der Waals surface area contributed by atoms with E-state index < -0.39 is 5.97 Å². The van der Waals surface area contributed by atoms with Crippen LogP contribution in [0.3, 0.4) is 0 Å². The minimum Gasteiger partial charge on any atom is -0.507 e. The van der Waals surface area contributed by atoms with E-state index in [-0.39, 0.29) is 17.9 Å². The van der Waals surface area contributed by atoms with E-state index in [2.05, 4.69) is 0 Å². The van der Waals surface area contributed by atoms with Crippen molar-refractivity contribution in [3.05, 3.63) is 89.0 Å². The largest absolute Gasteiger partial charge is 0.507 e. The Morgan fingerprint density at radius 1 is 0.889 bits per heavy atom. The summed E-state index contributed by atoms with van der Waals surface area (Å²) in [6, 6.07) is 20.2. The van der Waals surface area contributed by atoms with Crippen LogP contribution in [0.15, 0.2) is 66.7 Å². The lowest BCUT2D eigenvalue weighted by Crippen LogP contribution is -2.03. The van der Waals surface area contributed by atoms with Gasteiger partial charge in [0.15, 0.2) is 0 Å². The number of carbonyl (C=O) groups is 1. The Bertz CT molecular complexity index is 917. The number of aromatic hydroxyl groups is 1. The van der Waals surface area contributed by atoms with Crippen LogP contribution in [-0.4, -0.2) is 16.2 Å². The average Bonchev–Trinajstić information content (AvgIpc) is 2.68. The lowest BCUT2D eigenvalue weighted by atomic mass is 10.1. The Morgan fingerprint density at radius 3 is 2.07 bits per heavy atom. The molecular weight excluding hydrogens is 344 g/mol. The minimum atomic E-state index is -1.17. The molecule has 0 saturated heterocycles. The number of carboxylic acids is 1. The molecule has 0 unspecified atom stereocenters. The predicted octanol–water partition coefficient (Wildman–Crippen LogP) is 4.56. The van der Waals surface area contributed by atoms with Crippen molar-refractivity contribution in [1.29, 1.82) is 0 Å². The highest BCUT2D eigenvalue weighted by Gasteiger charge is 2.15. The van der Waals surface area contributed by atoms with Crippen LogP contribution in [0.4, 0.5) is 0 Å². The smallest absolute Gasteiger partial charge is 0.339 e. The Morgan fingerprint density at radius 2 is 1.48 bits per heavy atom. The molecule has 0 aliphatic carbocycles. The molecule has 5 heteroatoms. The summed E-state index contributed by atoms with van der Waals surface area (Å²) in [5.74, 6) is -0.120. The van der Waals surface area contributed by atoms with Crippen molar-refractivity contribution >= 4 is 5.97 Å². The standard InChI is InChI=1S/C22H20O5/c1-15-11-17(21(23)20(12-15)22(24)25)14-27-19-9-7-18(8-10-19)26-13-16-5-3-2-4-6-16/h2-12,23H,13-14H2,1H3,(H,24,25). The maximum atomic E-state index is 11.2. The third-order valence-corrected chi connectivity index (χ3v) is 4.03. The van der Waals surface area contributed by atoms with E-state index >= 15 is 0 Å². The van der Waals surface area contributed by atoms with E-state index in [1.807, 2.05) is 30.3 Å². The van der Waals surface area contributed by atoms with Crippen molar-refractivity contribution in [2.45, 2.75) is 20.1 Å². The van der Waals surface area contributed by atoms with E-state index in [1.54, 1.807) is 37.3 Å². The first-order valence-electron chi connectivity index (χ1n) is 8.48. The van der Waals surface area contributed by atoms with Crippen LogP contribution in [0, 0.1) is 6.92 Å². The summed E-state index contributed by atoms with van der Waals surface area (Å²) in [6.45, 7) is 2.32. The minimum absolute atomic E-state index is 0.0675. The summed E-state index contributed by atoms with van der Waals surface area (Å²) in [5, 5.41) is 19.3. The SMILES string of the molecule is Cc1cc(COc2ccc(OCc3ccccc3)cc2)c(O)c(C(=O)O)c1. The average molecular weight is 364 g/mol. The predicted molar refractivity (Wildman–Crippen MR) is 101 cm³/mol. The van der Waals surface area contributed by atoms with Crippen LogP contribution in [0.5, 0.6) is 17.2 Å². The summed E-state index contributed by atoms with van der Waals surface area (Å²) < 4.78 is 11.4. The van der Waals surface area contributed by atoms with Gasteiger partial charge in [-0.2, -0.15) is 0 Å². The van der Waals surface area contributed by atoms with Crippen molar-refractivity contribution in [1.82, 2.24) is 0 Å².